The molecule has 232 valence electrons. The summed E-state index contributed by atoms with van der Waals surface area (Å²) in [6.07, 6.45) is 0. The first-order valence-electron chi connectivity index (χ1n) is 15.1. The molecule has 10 heteroatoms. The van der Waals surface area contributed by atoms with E-state index >= 15 is 0 Å². The van der Waals surface area contributed by atoms with Gasteiger partial charge in [0.25, 0.3) is 0 Å². The highest BCUT2D eigenvalue weighted by atomic mass is 32.2. The first kappa shape index (κ1) is 30.6. The number of aryl methyl sites for hydroxylation is 4. The standard InChI is InChI=1S/C34H40N4O4S2/c1-25-11-13-29(23-27(25)3)35-15-19-37(20-16-35)43(39,40)33-9-5-8-32-31(33)7-6-10-34(32)44(41,42)38-21-17-36(18-22-38)30-14-12-26(2)28(4)24-30/h5-14,23-24H,15-22H2,1-4H3. The van der Waals surface area contributed by atoms with Crippen LogP contribution in [-0.2, 0) is 20.0 Å². The van der Waals surface area contributed by atoms with E-state index in [9.17, 15) is 16.8 Å². The second-order valence-electron chi connectivity index (χ2n) is 11.9. The maximum Gasteiger partial charge on any atom is 0.243 e. The molecular formula is C34H40N4O4S2. The number of benzene rings is 4. The molecule has 0 amide bonds. The normalized spacial score (nSPS) is 17.4. The minimum atomic E-state index is -3.85. The Balaban J connectivity index is 1.22. The van der Waals surface area contributed by atoms with Crippen LogP contribution in [0.25, 0.3) is 10.8 Å². The zero-order valence-electron chi connectivity index (χ0n) is 25.8. The molecule has 6 rings (SSSR count). The average Bonchev–Trinajstić information content (AvgIpc) is 3.03. The molecule has 0 N–H and O–H groups in total. The van der Waals surface area contributed by atoms with E-state index in [0.29, 0.717) is 63.1 Å². The molecular weight excluding hydrogens is 593 g/mol. The highest BCUT2D eigenvalue weighted by Crippen LogP contribution is 2.33. The first-order valence-corrected chi connectivity index (χ1v) is 18.0. The molecule has 0 aliphatic carbocycles. The van der Waals surface area contributed by atoms with Crippen molar-refractivity contribution in [2.75, 3.05) is 62.2 Å². The molecule has 0 aromatic heterocycles. The van der Waals surface area contributed by atoms with Gasteiger partial charge in [-0.1, -0.05) is 36.4 Å². The van der Waals surface area contributed by atoms with Crippen LogP contribution in [0.3, 0.4) is 0 Å². The van der Waals surface area contributed by atoms with Crippen LogP contribution in [0.5, 0.6) is 0 Å². The Labute approximate surface area is 261 Å². The van der Waals surface area contributed by atoms with Crippen molar-refractivity contribution < 1.29 is 16.8 Å². The van der Waals surface area contributed by atoms with E-state index in [-0.39, 0.29) is 9.79 Å². The summed E-state index contributed by atoms with van der Waals surface area (Å²) in [5.41, 5.74) is 7.07. The molecule has 2 heterocycles. The second kappa shape index (κ2) is 11.8. The fourth-order valence-electron chi connectivity index (χ4n) is 6.20. The Morgan fingerprint density at radius 1 is 0.455 bits per heavy atom. The summed E-state index contributed by atoms with van der Waals surface area (Å²) < 4.78 is 58.9. The third-order valence-corrected chi connectivity index (χ3v) is 13.2. The smallest absolute Gasteiger partial charge is 0.243 e. The van der Waals surface area contributed by atoms with Crippen molar-refractivity contribution in [2.24, 2.45) is 0 Å². The number of fused-ring (bicyclic) bond motifs is 1. The average molecular weight is 633 g/mol. The summed E-state index contributed by atoms with van der Waals surface area (Å²) in [4.78, 5) is 4.72. The Morgan fingerprint density at radius 3 is 1.16 bits per heavy atom. The van der Waals surface area contributed by atoms with Crippen LogP contribution in [0.4, 0.5) is 11.4 Å². The van der Waals surface area contributed by atoms with E-state index in [2.05, 4.69) is 73.9 Å². The lowest BCUT2D eigenvalue weighted by Crippen LogP contribution is -2.49. The predicted molar refractivity (Wildman–Crippen MR) is 178 cm³/mol. The van der Waals surface area contributed by atoms with Crippen LogP contribution in [0.1, 0.15) is 22.3 Å². The van der Waals surface area contributed by atoms with Crippen LogP contribution in [0.15, 0.2) is 82.6 Å². The van der Waals surface area contributed by atoms with Gasteiger partial charge in [0.1, 0.15) is 0 Å². The number of hydrogen-bond donors (Lipinski definition) is 0. The van der Waals surface area contributed by atoms with Crippen LogP contribution < -0.4 is 9.80 Å². The predicted octanol–water partition coefficient (Wildman–Crippen LogP) is 5.10. The van der Waals surface area contributed by atoms with Gasteiger partial charge in [-0.2, -0.15) is 8.61 Å². The number of nitrogens with zero attached hydrogens (tertiary/aromatic N) is 4. The molecule has 0 saturated carbocycles. The van der Waals surface area contributed by atoms with Crippen LogP contribution in [0, 0.1) is 27.7 Å². The highest BCUT2D eigenvalue weighted by molar-refractivity contribution is 7.89. The van der Waals surface area contributed by atoms with Crippen molar-refractivity contribution >= 4 is 42.2 Å². The quantitative estimate of drug-likeness (QED) is 0.295. The summed E-state index contributed by atoms with van der Waals surface area (Å²) in [5.74, 6) is 0. The van der Waals surface area contributed by atoms with E-state index in [1.165, 1.54) is 30.9 Å². The number of piperazine rings is 2. The number of anilines is 2. The van der Waals surface area contributed by atoms with Gasteiger partial charge < -0.3 is 9.80 Å². The maximum absolute atomic E-state index is 14.0. The maximum atomic E-state index is 14.0. The van der Waals surface area contributed by atoms with E-state index in [0.717, 1.165) is 11.4 Å². The summed E-state index contributed by atoms with van der Waals surface area (Å²) in [5, 5.41) is 0.859. The Bertz CT molecular complexity index is 1790. The molecule has 2 aliphatic heterocycles. The van der Waals surface area contributed by atoms with Crippen LogP contribution >= 0.6 is 0 Å². The minimum Gasteiger partial charge on any atom is -0.369 e. The van der Waals surface area contributed by atoms with Gasteiger partial charge in [0, 0.05) is 74.5 Å². The van der Waals surface area contributed by atoms with Crippen molar-refractivity contribution in [3.63, 3.8) is 0 Å². The van der Waals surface area contributed by atoms with E-state index in [4.69, 9.17) is 0 Å². The number of rotatable bonds is 6. The topological polar surface area (TPSA) is 81.2 Å². The van der Waals surface area contributed by atoms with Crippen molar-refractivity contribution in [2.45, 2.75) is 37.5 Å². The molecule has 2 saturated heterocycles. The van der Waals surface area contributed by atoms with Crippen molar-refractivity contribution in [3.8, 4) is 0 Å². The zero-order chi connectivity index (χ0) is 31.2. The molecule has 4 aromatic rings. The summed E-state index contributed by atoms with van der Waals surface area (Å²) in [6, 6.07) is 22.6. The second-order valence-corrected chi connectivity index (χ2v) is 15.7. The van der Waals surface area contributed by atoms with E-state index in [1.807, 2.05) is 0 Å². The molecule has 4 aromatic carbocycles. The lowest BCUT2D eigenvalue weighted by atomic mass is 10.1. The summed E-state index contributed by atoms with van der Waals surface area (Å²) in [6.45, 7) is 12.1. The molecule has 0 bridgehead atoms. The van der Waals surface area contributed by atoms with Gasteiger partial charge in [-0.15, -0.1) is 0 Å². The van der Waals surface area contributed by atoms with Gasteiger partial charge in [0.15, 0.2) is 0 Å². The van der Waals surface area contributed by atoms with Gasteiger partial charge >= 0.3 is 0 Å². The lowest BCUT2D eigenvalue weighted by Gasteiger charge is -2.36. The molecule has 2 aliphatic rings. The molecule has 0 unspecified atom stereocenters. The van der Waals surface area contributed by atoms with E-state index in [1.54, 1.807) is 36.4 Å². The van der Waals surface area contributed by atoms with Crippen LogP contribution in [-0.4, -0.2) is 77.8 Å². The van der Waals surface area contributed by atoms with Crippen LogP contribution in [0.2, 0.25) is 0 Å². The third-order valence-electron chi connectivity index (χ3n) is 9.27. The largest absolute Gasteiger partial charge is 0.369 e. The fraction of sp³-hybridized carbons (Fsp3) is 0.353. The van der Waals surface area contributed by atoms with Crippen molar-refractivity contribution in [1.29, 1.82) is 0 Å². The summed E-state index contributed by atoms with van der Waals surface area (Å²) >= 11 is 0. The molecule has 44 heavy (non-hydrogen) atoms. The third kappa shape index (κ3) is 5.60. The van der Waals surface area contributed by atoms with Gasteiger partial charge in [0.05, 0.1) is 9.79 Å². The molecule has 2 fully saturated rings. The lowest BCUT2D eigenvalue weighted by molar-refractivity contribution is 0.384. The van der Waals surface area contributed by atoms with Crippen molar-refractivity contribution in [1.82, 2.24) is 8.61 Å². The van der Waals surface area contributed by atoms with Gasteiger partial charge in [0.2, 0.25) is 20.0 Å². The number of sulfonamides is 2. The Morgan fingerprint density at radius 2 is 0.818 bits per heavy atom. The Kier molecular flexibility index (Phi) is 8.21. The fourth-order valence-corrected chi connectivity index (χ4v) is 9.46. The Hall–Kier alpha value is -3.44. The number of hydrogen-bond acceptors (Lipinski definition) is 6. The molecule has 0 spiro atoms. The molecule has 0 radical (unpaired) electrons. The zero-order valence-corrected chi connectivity index (χ0v) is 27.5. The van der Waals surface area contributed by atoms with E-state index < -0.39 is 20.0 Å². The highest BCUT2D eigenvalue weighted by Gasteiger charge is 2.33. The first-order chi connectivity index (χ1) is 21.0. The van der Waals surface area contributed by atoms with Gasteiger partial charge in [-0.3, -0.25) is 0 Å². The SMILES string of the molecule is Cc1ccc(N2CCN(S(=O)(=O)c3cccc4c(S(=O)(=O)N5CCN(c6ccc(C)c(C)c6)CC5)cccc34)CC2)cc1C. The minimum absolute atomic E-state index is 0.145. The monoisotopic (exact) mass is 632 g/mol. The molecule has 0 atom stereocenters. The van der Waals surface area contributed by atoms with Crippen molar-refractivity contribution in [3.05, 3.63) is 95.1 Å². The summed E-state index contributed by atoms with van der Waals surface area (Å²) in [7, 11) is -7.70. The molecule has 8 nitrogen and oxygen atoms in total. The van der Waals surface area contributed by atoms with Gasteiger partial charge in [-0.05, 0) is 86.3 Å². The van der Waals surface area contributed by atoms with Gasteiger partial charge in [-0.25, -0.2) is 16.8 Å².